The van der Waals surface area contributed by atoms with Crippen molar-refractivity contribution in [2.75, 3.05) is 38.5 Å². The van der Waals surface area contributed by atoms with Gasteiger partial charge in [-0.05, 0) is 25.1 Å². The monoisotopic (exact) mass is 249 g/mol. The summed E-state index contributed by atoms with van der Waals surface area (Å²) in [6, 6.07) is 4.53. The first-order valence-corrected chi connectivity index (χ1v) is 6.64. The van der Waals surface area contributed by atoms with E-state index in [0.717, 1.165) is 37.7 Å². The molecule has 1 unspecified atom stereocenters. The van der Waals surface area contributed by atoms with Gasteiger partial charge in [0.15, 0.2) is 0 Å². The van der Waals surface area contributed by atoms with E-state index in [2.05, 4.69) is 46.6 Å². The predicted molar refractivity (Wildman–Crippen MR) is 73.9 cm³/mol. The molecule has 2 rings (SSSR count). The van der Waals surface area contributed by atoms with Gasteiger partial charge in [0.05, 0.1) is 5.69 Å². The van der Waals surface area contributed by atoms with Gasteiger partial charge in [0.2, 0.25) is 0 Å². The maximum atomic E-state index is 4.21. The molecule has 0 spiro atoms. The predicted octanol–water partition coefficient (Wildman–Crippen LogP) is 0.915. The van der Waals surface area contributed by atoms with Crippen molar-refractivity contribution in [3.8, 4) is 0 Å². The second kappa shape index (κ2) is 6.11. The van der Waals surface area contributed by atoms with E-state index in [0.29, 0.717) is 12.0 Å². The van der Waals surface area contributed by atoms with E-state index in [1.807, 2.05) is 12.1 Å². The molecule has 1 aromatic heterocycles. The molecule has 1 aliphatic rings. The van der Waals surface area contributed by atoms with E-state index in [4.69, 9.17) is 0 Å². The number of anilines is 1. The van der Waals surface area contributed by atoms with E-state index in [1.165, 1.54) is 0 Å². The molecule has 0 radical (unpaired) electrons. The topological polar surface area (TPSA) is 53.1 Å². The molecule has 1 aliphatic heterocycles. The van der Waals surface area contributed by atoms with E-state index in [1.54, 1.807) is 0 Å². The Labute approximate surface area is 109 Å². The van der Waals surface area contributed by atoms with Crippen molar-refractivity contribution < 1.29 is 0 Å². The Morgan fingerprint density at radius 3 is 2.89 bits per heavy atom. The quantitative estimate of drug-likeness (QED) is 0.831. The average Bonchev–Trinajstić information content (AvgIpc) is 2.37. The van der Waals surface area contributed by atoms with Gasteiger partial charge in [0, 0.05) is 32.2 Å². The standard InChI is InChI=1S/C13H23N5/c1-10(2)12-4-5-13(17-16-12)15-8-11-9-18(3)7-6-14-11/h4-5,10-11,14H,6-9H2,1-3H3,(H,15,17). The van der Waals surface area contributed by atoms with Crippen LogP contribution in [-0.2, 0) is 0 Å². The van der Waals surface area contributed by atoms with E-state index < -0.39 is 0 Å². The molecule has 1 aromatic rings. The fourth-order valence-electron chi connectivity index (χ4n) is 2.10. The molecule has 0 amide bonds. The molecule has 0 aromatic carbocycles. The van der Waals surface area contributed by atoms with Gasteiger partial charge in [-0.15, -0.1) is 5.10 Å². The summed E-state index contributed by atoms with van der Waals surface area (Å²) in [5, 5.41) is 15.2. The molecule has 1 saturated heterocycles. The molecule has 1 fully saturated rings. The summed E-state index contributed by atoms with van der Waals surface area (Å²) in [5.41, 5.74) is 1.04. The Bertz CT molecular complexity index is 362. The number of rotatable bonds is 4. The summed E-state index contributed by atoms with van der Waals surface area (Å²) in [6.07, 6.45) is 0. The molecule has 0 bridgehead atoms. The second-order valence-corrected chi connectivity index (χ2v) is 5.29. The van der Waals surface area contributed by atoms with Crippen molar-refractivity contribution in [3.63, 3.8) is 0 Å². The van der Waals surface area contributed by atoms with Crippen molar-refractivity contribution in [1.29, 1.82) is 0 Å². The first-order chi connectivity index (χ1) is 8.65. The van der Waals surface area contributed by atoms with E-state index >= 15 is 0 Å². The lowest BCUT2D eigenvalue weighted by atomic mass is 10.1. The van der Waals surface area contributed by atoms with Gasteiger partial charge in [-0.2, -0.15) is 5.10 Å². The number of nitrogens with one attached hydrogen (secondary N) is 2. The molecule has 100 valence electrons. The van der Waals surface area contributed by atoms with Gasteiger partial charge in [-0.3, -0.25) is 0 Å². The summed E-state index contributed by atoms with van der Waals surface area (Å²) in [6.45, 7) is 8.39. The first kappa shape index (κ1) is 13.2. The molecule has 0 aliphatic carbocycles. The first-order valence-electron chi connectivity index (χ1n) is 6.64. The molecule has 1 atom stereocenters. The largest absolute Gasteiger partial charge is 0.367 e. The van der Waals surface area contributed by atoms with Crippen LogP contribution < -0.4 is 10.6 Å². The fraction of sp³-hybridized carbons (Fsp3) is 0.692. The van der Waals surface area contributed by atoms with Gasteiger partial charge in [-0.1, -0.05) is 13.8 Å². The van der Waals surface area contributed by atoms with Crippen LogP contribution in [-0.4, -0.2) is 54.4 Å². The highest BCUT2D eigenvalue weighted by molar-refractivity contribution is 5.33. The average molecular weight is 249 g/mol. The molecule has 0 saturated carbocycles. The molecular weight excluding hydrogens is 226 g/mol. The van der Waals surface area contributed by atoms with Crippen LogP contribution in [0.4, 0.5) is 5.82 Å². The molecule has 5 nitrogen and oxygen atoms in total. The fourth-order valence-corrected chi connectivity index (χ4v) is 2.10. The van der Waals surface area contributed by atoms with Gasteiger partial charge >= 0.3 is 0 Å². The Hall–Kier alpha value is -1.20. The third-order valence-corrected chi connectivity index (χ3v) is 3.26. The Kier molecular flexibility index (Phi) is 4.49. The Morgan fingerprint density at radius 1 is 1.44 bits per heavy atom. The highest BCUT2D eigenvalue weighted by atomic mass is 15.2. The summed E-state index contributed by atoms with van der Waals surface area (Å²) in [7, 11) is 2.16. The van der Waals surface area contributed by atoms with Crippen molar-refractivity contribution >= 4 is 5.82 Å². The SMILES string of the molecule is CC(C)c1ccc(NCC2CN(C)CCN2)nn1. The number of likely N-dealkylation sites (N-methyl/N-ethyl adjacent to an activating group) is 1. The third-order valence-electron chi connectivity index (χ3n) is 3.26. The summed E-state index contributed by atoms with van der Waals surface area (Å²) < 4.78 is 0. The van der Waals surface area contributed by atoms with Crippen LogP contribution in [0.1, 0.15) is 25.5 Å². The summed E-state index contributed by atoms with van der Waals surface area (Å²) in [4.78, 5) is 2.34. The lowest BCUT2D eigenvalue weighted by Gasteiger charge is -2.31. The van der Waals surface area contributed by atoms with Crippen LogP contribution in [0.2, 0.25) is 0 Å². The van der Waals surface area contributed by atoms with Crippen LogP contribution in [0.15, 0.2) is 12.1 Å². The molecule has 18 heavy (non-hydrogen) atoms. The normalized spacial score (nSPS) is 21.2. The van der Waals surface area contributed by atoms with E-state index in [-0.39, 0.29) is 0 Å². The zero-order valence-corrected chi connectivity index (χ0v) is 11.5. The third kappa shape index (κ3) is 3.65. The highest BCUT2D eigenvalue weighted by Crippen LogP contribution is 2.11. The number of hydrogen-bond acceptors (Lipinski definition) is 5. The second-order valence-electron chi connectivity index (χ2n) is 5.29. The van der Waals surface area contributed by atoms with Crippen molar-refractivity contribution in [2.45, 2.75) is 25.8 Å². The van der Waals surface area contributed by atoms with Gasteiger partial charge in [0.25, 0.3) is 0 Å². The lowest BCUT2D eigenvalue weighted by molar-refractivity contribution is 0.244. The van der Waals surface area contributed by atoms with Crippen LogP contribution in [0.3, 0.4) is 0 Å². The number of hydrogen-bond donors (Lipinski definition) is 2. The highest BCUT2D eigenvalue weighted by Gasteiger charge is 2.15. The number of piperazine rings is 1. The zero-order chi connectivity index (χ0) is 13.0. The van der Waals surface area contributed by atoms with Crippen LogP contribution in [0, 0.1) is 0 Å². The Balaban J connectivity index is 1.82. The number of aromatic nitrogens is 2. The van der Waals surface area contributed by atoms with E-state index in [9.17, 15) is 0 Å². The molecule has 2 heterocycles. The van der Waals surface area contributed by atoms with Gasteiger partial charge in [-0.25, -0.2) is 0 Å². The van der Waals surface area contributed by atoms with Crippen molar-refractivity contribution in [3.05, 3.63) is 17.8 Å². The summed E-state index contributed by atoms with van der Waals surface area (Å²) in [5.74, 6) is 1.29. The van der Waals surface area contributed by atoms with Gasteiger partial charge in [0.1, 0.15) is 5.82 Å². The van der Waals surface area contributed by atoms with Crippen molar-refractivity contribution in [1.82, 2.24) is 20.4 Å². The minimum Gasteiger partial charge on any atom is -0.367 e. The maximum absolute atomic E-state index is 4.21. The van der Waals surface area contributed by atoms with Crippen LogP contribution in [0.5, 0.6) is 0 Å². The van der Waals surface area contributed by atoms with Crippen LogP contribution >= 0.6 is 0 Å². The molecular formula is C13H23N5. The van der Waals surface area contributed by atoms with Crippen LogP contribution in [0.25, 0.3) is 0 Å². The summed E-state index contributed by atoms with van der Waals surface area (Å²) >= 11 is 0. The van der Waals surface area contributed by atoms with Crippen molar-refractivity contribution in [2.24, 2.45) is 0 Å². The molecule has 5 heteroatoms. The smallest absolute Gasteiger partial charge is 0.148 e. The minimum absolute atomic E-state index is 0.431. The lowest BCUT2D eigenvalue weighted by Crippen LogP contribution is -2.51. The zero-order valence-electron chi connectivity index (χ0n) is 11.5. The molecule has 2 N–H and O–H groups in total. The minimum atomic E-state index is 0.431. The van der Waals surface area contributed by atoms with Gasteiger partial charge < -0.3 is 15.5 Å². The number of nitrogens with zero attached hydrogens (tertiary/aromatic N) is 3. The maximum Gasteiger partial charge on any atom is 0.148 e. The Morgan fingerprint density at radius 2 is 2.28 bits per heavy atom.